The average molecular weight is 604 g/mol. The molecule has 4 atom stereocenters. The van der Waals surface area contributed by atoms with Crippen LogP contribution in [0.3, 0.4) is 0 Å². The number of nitrogens with zero attached hydrogens (tertiary/aromatic N) is 5. The highest BCUT2D eigenvalue weighted by atomic mass is 19.1. The maximum atomic E-state index is 14.4. The third kappa shape index (κ3) is 5.95. The quantitative estimate of drug-likeness (QED) is 0.335. The van der Waals surface area contributed by atoms with Crippen LogP contribution in [0.1, 0.15) is 62.5 Å². The number of fused-ring (bicyclic) bond motifs is 2. The first-order valence-electron chi connectivity index (χ1n) is 16.0. The molecule has 236 valence electrons. The molecule has 6 rings (SSSR count). The molecule has 44 heavy (non-hydrogen) atoms. The summed E-state index contributed by atoms with van der Waals surface area (Å²) in [6.45, 7) is 16.6. The van der Waals surface area contributed by atoms with Crippen LogP contribution in [0.15, 0.2) is 36.8 Å². The molecule has 4 heterocycles. The highest BCUT2D eigenvalue weighted by molar-refractivity contribution is 5.99. The van der Waals surface area contributed by atoms with Crippen LogP contribution in [0.25, 0.3) is 16.6 Å². The largest absolute Gasteiger partial charge is 0.444 e. The number of amides is 2. The second-order valence-corrected chi connectivity index (χ2v) is 14.5. The highest BCUT2D eigenvalue weighted by Gasteiger charge is 2.57. The number of hydrogen-bond acceptors (Lipinski definition) is 5. The van der Waals surface area contributed by atoms with Gasteiger partial charge in [-0.2, -0.15) is 0 Å². The van der Waals surface area contributed by atoms with Gasteiger partial charge in [-0.3, -0.25) is 9.78 Å². The summed E-state index contributed by atoms with van der Waals surface area (Å²) in [5.41, 5.74) is 3.82. The van der Waals surface area contributed by atoms with Crippen molar-refractivity contribution < 1.29 is 18.7 Å². The zero-order valence-electron chi connectivity index (χ0n) is 27.1. The Labute approximate surface area is 260 Å². The number of rotatable bonds is 7. The Morgan fingerprint density at radius 3 is 2.55 bits per heavy atom. The summed E-state index contributed by atoms with van der Waals surface area (Å²) in [6, 6.07) is 4.46. The fourth-order valence-corrected chi connectivity index (χ4v) is 7.36. The minimum atomic E-state index is -0.460. The van der Waals surface area contributed by atoms with Crippen LogP contribution in [-0.2, 0) is 11.2 Å². The van der Waals surface area contributed by atoms with Crippen molar-refractivity contribution in [2.45, 2.75) is 66.0 Å². The summed E-state index contributed by atoms with van der Waals surface area (Å²) in [5, 5.41) is 1.16. The van der Waals surface area contributed by atoms with Crippen molar-refractivity contribution >= 4 is 22.9 Å². The lowest BCUT2D eigenvalue weighted by Crippen LogP contribution is -2.38. The molecule has 1 unspecified atom stereocenters. The van der Waals surface area contributed by atoms with Gasteiger partial charge in [0.25, 0.3) is 5.91 Å². The maximum Gasteiger partial charge on any atom is 0.410 e. The monoisotopic (exact) mass is 603 g/mol. The molecule has 3 aliphatic rings. The van der Waals surface area contributed by atoms with Gasteiger partial charge < -0.3 is 24.0 Å². The molecule has 0 spiro atoms. The second kappa shape index (κ2) is 11.5. The number of carbonyl (C=O) groups excluding carboxylic acids is 2. The normalized spacial score (nSPS) is 23.4. The zero-order valence-corrected chi connectivity index (χ0v) is 27.1. The summed E-state index contributed by atoms with van der Waals surface area (Å²) in [7, 11) is 1.75. The van der Waals surface area contributed by atoms with E-state index in [4.69, 9.17) is 4.74 Å². The minimum Gasteiger partial charge on any atom is -0.444 e. The van der Waals surface area contributed by atoms with Crippen LogP contribution in [0.2, 0.25) is 0 Å². The van der Waals surface area contributed by atoms with Crippen molar-refractivity contribution in [3.63, 3.8) is 0 Å². The molecule has 2 saturated heterocycles. The molecule has 3 fully saturated rings. The van der Waals surface area contributed by atoms with Crippen LogP contribution in [0.5, 0.6) is 0 Å². The van der Waals surface area contributed by atoms with Crippen LogP contribution in [0.4, 0.5) is 9.18 Å². The van der Waals surface area contributed by atoms with Gasteiger partial charge in [0.15, 0.2) is 0 Å². The predicted octanol–water partition coefficient (Wildman–Crippen LogP) is 5.93. The third-order valence-electron chi connectivity index (χ3n) is 9.90. The Balaban J connectivity index is 1.15. The van der Waals surface area contributed by atoms with Crippen LogP contribution in [-0.4, -0.2) is 87.7 Å². The lowest BCUT2D eigenvalue weighted by atomic mass is 9.97. The van der Waals surface area contributed by atoms with E-state index in [0.29, 0.717) is 34.9 Å². The Hall–Kier alpha value is -3.46. The molecular formula is C35H46FN5O3. The number of hydrogen-bond donors (Lipinski definition) is 0. The Kier molecular flexibility index (Phi) is 7.97. The number of carbonyl (C=O) groups is 2. The molecule has 3 aromatic rings. The smallest absolute Gasteiger partial charge is 0.410 e. The molecule has 1 saturated carbocycles. The summed E-state index contributed by atoms with van der Waals surface area (Å²) < 4.78 is 22.0. The van der Waals surface area contributed by atoms with Crippen molar-refractivity contribution in [2.75, 3.05) is 39.8 Å². The van der Waals surface area contributed by atoms with E-state index in [1.165, 1.54) is 17.7 Å². The first-order chi connectivity index (χ1) is 20.8. The first-order valence-corrected chi connectivity index (χ1v) is 16.0. The number of pyridine rings is 1. The molecule has 2 amide bonds. The Bertz CT molecular complexity index is 1560. The molecule has 0 radical (unpaired) electrons. The third-order valence-corrected chi connectivity index (χ3v) is 9.90. The number of ether oxygens (including phenoxy) is 1. The zero-order chi connectivity index (χ0) is 31.5. The standard InChI is InChI=1S/C35H46FN5O3/c1-21(2)38(7)33(42)26-13-25(36)8-9-30(26)41-17-24(32-22(3)14-37-15-31(32)41)12-23-10-11-39(16-23)18-27-28-19-40(20-29(27)28)34(43)44-35(4,5)6/h8-9,13-15,17,21,23,27-29H,10-12,16,18-20H2,1-7H3/t23-,27?,28-,29+/m0/s1. The SMILES string of the molecule is Cc1cncc2c1c(C[C@@H]1CCN(CC3[C@H]4CN(C(=O)OC(C)(C)C)C[C@@H]34)C1)cn2-c1ccc(F)cc1C(=O)N(C)C(C)C. The van der Waals surface area contributed by atoms with E-state index in [1.54, 1.807) is 18.0 Å². The maximum absolute atomic E-state index is 14.4. The van der Waals surface area contributed by atoms with Crippen molar-refractivity contribution in [1.82, 2.24) is 24.3 Å². The number of aryl methyl sites for hydroxylation is 1. The summed E-state index contributed by atoms with van der Waals surface area (Å²) >= 11 is 0. The summed E-state index contributed by atoms with van der Waals surface area (Å²) in [4.78, 5) is 36.5. The predicted molar refractivity (Wildman–Crippen MR) is 170 cm³/mol. The van der Waals surface area contributed by atoms with Crippen molar-refractivity contribution in [3.05, 3.63) is 59.3 Å². The molecular weight excluding hydrogens is 557 g/mol. The molecule has 8 nitrogen and oxygen atoms in total. The first kappa shape index (κ1) is 30.6. The lowest BCUT2D eigenvalue weighted by Gasteiger charge is -2.26. The van der Waals surface area contributed by atoms with Gasteiger partial charge in [-0.1, -0.05) is 0 Å². The van der Waals surface area contributed by atoms with E-state index in [0.717, 1.165) is 62.0 Å². The lowest BCUT2D eigenvalue weighted by molar-refractivity contribution is 0.0262. The molecule has 0 N–H and O–H groups in total. The van der Waals surface area contributed by atoms with E-state index >= 15 is 0 Å². The van der Waals surface area contributed by atoms with Crippen molar-refractivity contribution in [3.8, 4) is 5.69 Å². The van der Waals surface area contributed by atoms with Gasteiger partial charge in [0, 0.05) is 57.0 Å². The molecule has 2 aliphatic heterocycles. The number of benzene rings is 1. The Morgan fingerprint density at radius 2 is 1.86 bits per heavy atom. The topological polar surface area (TPSA) is 70.9 Å². The van der Waals surface area contributed by atoms with Gasteiger partial charge in [0.1, 0.15) is 11.4 Å². The van der Waals surface area contributed by atoms with Gasteiger partial charge in [0.05, 0.1) is 23.0 Å². The molecule has 1 aliphatic carbocycles. The van der Waals surface area contributed by atoms with Crippen molar-refractivity contribution in [2.24, 2.45) is 23.7 Å². The van der Waals surface area contributed by atoms with E-state index in [2.05, 4.69) is 23.0 Å². The molecule has 9 heteroatoms. The van der Waals surface area contributed by atoms with Gasteiger partial charge in [-0.05, 0) is 114 Å². The van der Waals surface area contributed by atoms with E-state index in [9.17, 15) is 14.0 Å². The Morgan fingerprint density at radius 1 is 1.14 bits per heavy atom. The molecule has 2 aromatic heterocycles. The highest BCUT2D eigenvalue weighted by Crippen LogP contribution is 2.52. The number of aromatic nitrogens is 2. The van der Waals surface area contributed by atoms with E-state index < -0.39 is 11.4 Å². The van der Waals surface area contributed by atoms with Crippen molar-refractivity contribution in [1.29, 1.82) is 0 Å². The number of halogens is 1. The number of likely N-dealkylation sites (tertiary alicyclic amines) is 2. The second-order valence-electron chi connectivity index (χ2n) is 14.5. The average Bonchev–Trinajstić information content (AvgIpc) is 3.37. The van der Waals surface area contributed by atoms with Crippen LogP contribution >= 0.6 is 0 Å². The number of piperidine rings is 1. The fourth-order valence-electron chi connectivity index (χ4n) is 7.36. The minimum absolute atomic E-state index is 0.0102. The summed E-state index contributed by atoms with van der Waals surface area (Å²) in [6.07, 6.45) is 7.78. The van der Waals surface area contributed by atoms with Crippen LogP contribution < -0.4 is 0 Å². The molecule has 1 aromatic carbocycles. The van der Waals surface area contributed by atoms with Gasteiger partial charge in [-0.15, -0.1) is 0 Å². The molecule has 0 bridgehead atoms. The van der Waals surface area contributed by atoms with E-state index in [1.807, 2.05) is 56.5 Å². The van der Waals surface area contributed by atoms with Gasteiger partial charge in [-0.25, -0.2) is 9.18 Å². The van der Waals surface area contributed by atoms with Gasteiger partial charge in [0.2, 0.25) is 0 Å². The fraction of sp³-hybridized carbons (Fsp3) is 0.571. The summed E-state index contributed by atoms with van der Waals surface area (Å²) in [5.74, 6) is 1.75. The van der Waals surface area contributed by atoms with E-state index in [-0.39, 0.29) is 18.0 Å². The van der Waals surface area contributed by atoms with Gasteiger partial charge >= 0.3 is 6.09 Å². The van der Waals surface area contributed by atoms with Crippen LogP contribution in [0, 0.1) is 36.4 Å².